The zero-order valence-corrected chi connectivity index (χ0v) is 7.12. The van der Waals surface area contributed by atoms with Crippen molar-refractivity contribution in [2.75, 3.05) is 0 Å². The van der Waals surface area contributed by atoms with Crippen LogP contribution in [0.15, 0.2) is 0 Å². The van der Waals surface area contributed by atoms with Gasteiger partial charge in [0.15, 0.2) is 5.82 Å². The number of thiol groups is 1. The molecule has 2 rings (SSSR count). The van der Waals surface area contributed by atoms with Gasteiger partial charge in [0.25, 0.3) is 0 Å². The number of hydrogen-bond donors (Lipinski definition) is 2. The van der Waals surface area contributed by atoms with Gasteiger partial charge in [-0.15, -0.1) is 10.2 Å². The number of tetrazole rings is 1. The Kier molecular flexibility index (Phi) is 1.60. The monoisotopic (exact) mass is 170 g/mol. The minimum Gasteiger partial charge on any atom is -0.177 e. The molecule has 1 aliphatic carbocycles. The molecule has 1 aliphatic rings. The standard InChI is InChI=1S/C6H10N4S/c1-3(11)4-2-5(4)6-7-9-10-8-6/h3-5,11H,2H2,1H3,(H,7,8,9,10). The van der Waals surface area contributed by atoms with Gasteiger partial charge in [-0.25, -0.2) is 0 Å². The summed E-state index contributed by atoms with van der Waals surface area (Å²) in [6, 6.07) is 0. The zero-order chi connectivity index (χ0) is 7.84. The second kappa shape index (κ2) is 2.48. The summed E-state index contributed by atoms with van der Waals surface area (Å²) in [6.45, 7) is 2.11. The predicted octanol–water partition coefficient (Wildman–Crippen LogP) is 0.621. The quantitative estimate of drug-likeness (QED) is 0.640. The van der Waals surface area contributed by atoms with Crippen molar-refractivity contribution >= 4 is 12.6 Å². The Labute approximate surface area is 70.2 Å². The Hall–Kier alpha value is -0.580. The van der Waals surface area contributed by atoms with Crippen LogP contribution in [0.3, 0.4) is 0 Å². The molecule has 1 N–H and O–H groups in total. The third-order valence-corrected chi connectivity index (χ3v) is 2.54. The molecule has 60 valence electrons. The van der Waals surface area contributed by atoms with E-state index in [0.29, 0.717) is 17.1 Å². The van der Waals surface area contributed by atoms with Gasteiger partial charge in [-0.2, -0.15) is 17.8 Å². The lowest BCUT2D eigenvalue weighted by Gasteiger charge is -1.97. The van der Waals surface area contributed by atoms with Crippen LogP contribution in [0.25, 0.3) is 0 Å². The van der Waals surface area contributed by atoms with Gasteiger partial charge in [0, 0.05) is 11.2 Å². The molecule has 4 nitrogen and oxygen atoms in total. The lowest BCUT2D eigenvalue weighted by molar-refractivity contribution is 0.763. The highest BCUT2D eigenvalue weighted by atomic mass is 32.1. The molecule has 0 radical (unpaired) electrons. The third-order valence-electron chi connectivity index (χ3n) is 2.15. The molecule has 1 aromatic heterocycles. The molecule has 1 saturated carbocycles. The number of nitrogens with one attached hydrogen (secondary N) is 1. The lowest BCUT2D eigenvalue weighted by atomic mass is 10.2. The summed E-state index contributed by atoms with van der Waals surface area (Å²) in [6.07, 6.45) is 1.16. The predicted molar refractivity (Wildman–Crippen MR) is 43.5 cm³/mol. The number of hydrogen-bond acceptors (Lipinski definition) is 4. The zero-order valence-electron chi connectivity index (χ0n) is 6.23. The molecular weight excluding hydrogens is 160 g/mol. The van der Waals surface area contributed by atoms with Crippen molar-refractivity contribution < 1.29 is 0 Å². The summed E-state index contributed by atoms with van der Waals surface area (Å²) in [5, 5.41) is 14.3. The van der Waals surface area contributed by atoms with Crippen LogP contribution in [0.5, 0.6) is 0 Å². The number of aromatic amines is 1. The van der Waals surface area contributed by atoms with Gasteiger partial charge in [0.2, 0.25) is 0 Å². The maximum absolute atomic E-state index is 4.36. The minimum absolute atomic E-state index is 0.443. The molecule has 0 amide bonds. The second-order valence-corrected chi connectivity index (χ2v) is 3.83. The maximum Gasteiger partial charge on any atom is 0.177 e. The van der Waals surface area contributed by atoms with Crippen LogP contribution in [0, 0.1) is 5.92 Å². The summed E-state index contributed by atoms with van der Waals surface area (Å²) >= 11 is 4.36. The minimum atomic E-state index is 0.443. The van der Waals surface area contributed by atoms with Gasteiger partial charge in [-0.05, 0) is 12.3 Å². The van der Waals surface area contributed by atoms with E-state index in [2.05, 4.69) is 40.2 Å². The Morgan fingerprint density at radius 2 is 2.55 bits per heavy atom. The smallest absolute Gasteiger partial charge is 0.177 e. The maximum atomic E-state index is 4.36. The highest BCUT2D eigenvalue weighted by Crippen LogP contribution is 2.49. The molecule has 5 heteroatoms. The van der Waals surface area contributed by atoms with Crippen LogP contribution in [0.1, 0.15) is 25.1 Å². The number of rotatable bonds is 2. The van der Waals surface area contributed by atoms with Crippen molar-refractivity contribution in [3.8, 4) is 0 Å². The van der Waals surface area contributed by atoms with Crippen LogP contribution < -0.4 is 0 Å². The first-order valence-electron chi connectivity index (χ1n) is 3.70. The van der Waals surface area contributed by atoms with Crippen molar-refractivity contribution in [1.29, 1.82) is 0 Å². The Morgan fingerprint density at radius 1 is 1.73 bits per heavy atom. The first-order valence-corrected chi connectivity index (χ1v) is 4.22. The number of nitrogens with zero attached hydrogens (tertiary/aromatic N) is 3. The lowest BCUT2D eigenvalue weighted by Crippen LogP contribution is -1.96. The Bertz CT molecular complexity index is 233. The summed E-state index contributed by atoms with van der Waals surface area (Å²) in [5.74, 6) is 1.99. The van der Waals surface area contributed by atoms with Crippen molar-refractivity contribution in [3.63, 3.8) is 0 Å². The fraction of sp³-hybridized carbons (Fsp3) is 0.833. The Balaban J connectivity index is 2.02. The van der Waals surface area contributed by atoms with Crippen LogP contribution in [0.2, 0.25) is 0 Å². The van der Waals surface area contributed by atoms with Gasteiger partial charge in [-0.1, -0.05) is 12.1 Å². The molecule has 3 unspecified atom stereocenters. The van der Waals surface area contributed by atoms with Crippen molar-refractivity contribution in [2.24, 2.45) is 5.92 Å². The van der Waals surface area contributed by atoms with E-state index in [1.807, 2.05) is 0 Å². The molecule has 1 aromatic rings. The first-order chi connectivity index (χ1) is 5.29. The molecule has 0 bridgehead atoms. The van der Waals surface area contributed by atoms with Crippen LogP contribution in [-0.2, 0) is 0 Å². The molecule has 1 fully saturated rings. The van der Waals surface area contributed by atoms with E-state index in [-0.39, 0.29) is 0 Å². The van der Waals surface area contributed by atoms with Gasteiger partial charge in [0.05, 0.1) is 0 Å². The molecule has 0 spiro atoms. The van der Waals surface area contributed by atoms with E-state index < -0.39 is 0 Å². The van der Waals surface area contributed by atoms with E-state index >= 15 is 0 Å². The van der Waals surface area contributed by atoms with E-state index in [0.717, 1.165) is 12.2 Å². The highest BCUT2D eigenvalue weighted by Gasteiger charge is 2.43. The topological polar surface area (TPSA) is 54.5 Å². The average molecular weight is 170 g/mol. The van der Waals surface area contributed by atoms with Crippen molar-refractivity contribution in [1.82, 2.24) is 20.6 Å². The molecule has 0 aromatic carbocycles. The van der Waals surface area contributed by atoms with E-state index in [4.69, 9.17) is 0 Å². The molecule has 0 saturated heterocycles. The first kappa shape index (κ1) is 7.09. The highest BCUT2D eigenvalue weighted by molar-refractivity contribution is 7.80. The third kappa shape index (κ3) is 1.24. The van der Waals surface area contributed by atoms with E-state index in [1.165, 1.54) is 0 Å². The average Bonchev–Trinajstić information content (AvgIpc) is 2.60. The molecule has 1 heterocycles. The van der Waals surface area contributed by atoms with Gasteiger partial charge >= 0.3 is 0 Å². The SMILES string of the molecule is CC(S)C1CC1c1nn[nH]n1. The summed E-state index contributed by atoms with van der Waals surface area (Å²) in [4.78, 5) is 0. The van der Waals surface area contributed by atoms with Crippen LogP contribution >= 0.6 is 12.6 Å². The molecule has 0 aliphatic heterocycles. The molecular formula is C6H10N4S. The van der Waals surface area contributed by atoms with E-state index in [1.54, 1.807) is 0 Å². The molecule has 3 atom stereocenters. The fourth-order valence-electron chi connectivity index (χ4n) is 1.37. The van der Waals surface area contributed by atoms with Crippen LogP contribution in [-0.4, -0.2) is 25.9 Å². The Morgan fingerprint density at radius 3 is 3.00 bits per heavy atom. The van der Waals surface area contributed by atoms with Crippen molar-refractivity contribution in [2.45, 2.75) is 24.5 Å². The summed E-state index contributed by atoms with van der Waals surface area (Å²) in [7, 11) is 0. The van der Waals surface area contributed by atoms with Crippen molar-refractivity contribution in [3.05, 3.63) is 5.82 Å². The number of H-pyrrole nitrogens is 1. The largest absolute Gasteiger partial charge is 0.177 e. The number of aromatic nitrogens is 4. The second-order valence-electron chi connectivity index (χ2n) is 3.02. The summed E-state index contributed by atoms with van der Waals surface area (Å²) < 4.78 is 0. The van der Waals surface area contributed by atoms with Gasteiger partial charge in [-0.3, -0.25) is 0 Å². The normalized spacial score (nSPS) is 31.8. The summed E-state index contributed by atoms with van der Waals surface area (Å²) in [5.41, 5.74) is 0. The van der Waals surface area contributed by atoms with Crippen LogP contribution in [0.4, 0.5) is 0 Å². The fourth-order valence-corrected chi connectivity index (χ4v) is 1.70. The van der Waals surface area contributed by atoms with Gasteiger partial charge in [0.1, 0.15) is 0 Å². The van der Waals surface area contributed by atoms with Gasteiger partial charge < -0.3 is 0 Å². The molecule has 11 heavy (non-hydrogen) atoms. The van der Waals surface area contributed by atoms with E-state index in [9.17, 15) is 0 Å².